The first kappa shape index (κ1) is 35.9. The minimum atomic E-state index is -4.40. The van der Waals surface area contributed by atoms with E-state index in [0.717, 1.165) is 84.5 Å². The van der Waals surface area contributed by atoms with Crippen molar-refractivity contribution in [3.8, 4) is 17.1 Å². The maximum absolute atomic E-state index is 13.2. The largest absolute Gasteiger partial charge is 0.489 e. The number of rotatable bonds is 14. The highest BCUT2D eigenvalue weighted by atomic mass is 31.2. The lowest BCUT2D eigenvalue weighted by Gasteiger charge is -2.32. The molecule has 4 aromatic carbocycles. The first-order chi connectivity index (χ1) is 24.1. The fraction of sp³-hybridized carbons (Fsp3) is 0.359. The summed E-state index contributed by atoms with van der Waals surface area (Å²) in [5.74, 6) is 1.87. The van der Waals surface area contributed by atoms with Gasteiger partial charge in [-0.15, -0.1) is 0 Å². The third-order valence-corrected chi connectivity index (χ3v) is 11.1. The van der Waals surface area contributed by atoms with Crippen molar-refractivity contribution in [2.24, 2.45) is 5.92 Å². The van der Waals surface area contributed by atoms with Crippen LogP contribution in [-0.2, 0) is 45.5 Å². The second-order valence-corrected chi connectivity index (χ2v) is 14.8. The number of piperidine rings is 1. The Labute approximate surface area is 291 Å². The zero-order chi connectivity index (χ0) is 35.1. The molecule has 0 saturated carbocycles. The summed E-state index contributed by atoms with van der Waals surface area (Å²) in [7, 11) is -3.15. The van der Waals surface area contributed by atoms with E-state index in [9.17, 15) is 17.7 Å². The Balaban J connectivity index is 1.01. The zero-order valence-corrected chi connectivity index (χ0v) is 29.3. The molecular weight excluding hydrogens is 662 g/mol. The molecule has 1 saturated heterocycles. The first-order valence-corrected chi connectivity index (χ1v) is 18.9. The van der Waals surface area contributed by atoms with Gasteiger partial charge in [0, 0.05) is 12.1 Å². The summed E-state index contributed by atoms with van der Waals surface area (Å²) in [4.78, 5) is 10.2. The monoisotopic (exact) mass is 705 g/mol. The predicted molar refractivity (Wildman–Crippen MR) is 190 cm³/mol. The fourth-order valence-corrected chi connectivity index (χ4v) is 8.22. The van der Waals surface area contributed by atoms with E-state index in [-0.39, 0.29) is 6.16 Å². The molecule has 1 N–H and O–H groups in total. The Morgan fingerprint density at radius 2 is 1.56 bits per heavy atom. The molecular formula is C39H43F3N3O4P. The molecule has 11 heteroatoms. The number of aromatic amines is 1. The molecule has 0 radical (unpaired) electrons. The topological polar surface area (TPSA) is 76.7 Å². The molecule has 0 atom stereocenters. The molecule has 0 amide bonds. The molecule has 0 spiro atoms. The summed E-state index contributed by atoms with van der Waals surface area (Å²) in [6.07, 6.45) is -1.06. The lowest BCUT2D eigenvalue weighted by atomic mass is 9.89. The summed E-state index contributed by atoms with van der Waals surface area (Å²) in [6.45, 7) is 7.50. The maximum Gasteiger partial charge on any atom is 0.416 e. The Morgan fingerprint density at radius 3 is 2.28 bits per heavy atom. The molecule has 50 heavy (non-hydrogen) atoms. The number of fused-ring (bicyclic) bond motifs is 1. The van der Waals surface area contributed by atoms with Gasteiger partial charge in [-0.25, -0.2) is 4.98 Å². The number of alkyl halides is 3. The van der Waals surface area contributed by atoms with Crippen LogP contribution in [0.15, 0.2) is 91.0 Å². The number of hydrogen-bond donors (Lipinski definition) is 1. The molecule has 2 heterocycles. The summed E-state index contributed by atoms with van der Waals surface area (Å²) in [5.41, 5.74) is 5.53. The van der Waals surface area contributed by atoms with Crippen LogP contribution in [0.1, 0.15) is 54.5 Å². The van der Waals surface area contributed by atoms with Crippen molar-refractivity contribution in [2.45, 2.75) is 58.6 Å². The summed E-state index contributed by atoms with van der Waals surface area (Å²) in [6, 6.07) is 27.4. The normalized spacial score (nSPS) is 14.7. The van der Waals surface area contributed by atoms with Crippen LogP contribution in [-0.4, -0.2) is 41.2 Å². The van der Waals surface area contributed by atoms with Gasteiger partial charge in [-0.3, -0.25) is 9.46 Å². The zero-order valence-electron chi connectivity index (χ0n) is 28.4. The van der Waals surface area contributed by atoms with Gasteiger partial charge in [0.2, 0.25) is 0 Å². The van der Waals surface area contributed by atoms with Crippen LogP contribution in [0, 0.1) is 5.92 Å². The van der Waals surface area contributed by atoms with Crippen LogP contribution >= 0.6 is 7.60 Å². The molecule has 0 aliphatic carbocycles. The molecule has 0 unspecified atom stereocenters. The number of ether oxygens (including phenoxy) is 1. The van der Waals surface area contributed by atoms with Crippen LogP contribution in [0.25, 0.3) is 22.4 Å². The van der Waals surface area contributed by atoms with Crippen molar-refractivity contribution < 1.29 is 31.5 Å². The average molecular weight is 706 g/mol. The Kier molecular flexibility index (Phi) is 11.4. The Morgan fingerprint density at radius 1 is 0.860 bits per heavy atom. The van der Waals surface area contributed by atoms with E-state index in [2.05, 4.69) is 27.0 Å². The highest BCUT2D eigenvalue weighted by Gasteiger charge is 2.31. The minimum Gasteiger partial charge on any atom is -0.489 e. The maximum atomic E-state index is 13.2. The highest BCUT2D eigenvalue weighted by molar-refractivity contribution is 7.53. The van der Waals surface area contributed by atoms with E-state index < -0.39 is 19.3 Å². The number of hydrogen-bond acceptors (Lipinski definition) is 6. The van der Waals surface area contributed by atoms with Gasteiger partial charge in [-0.1, -0.05) is 60.7 Å². The van der Waals surface area contributed by atoms with Crippen molar-refractivity contribution >= 4 is 18.6 Å². The summed E-state index contributed by atoms with van der Waals surface area (Å²) in [5, 5.41) is 0. The van der Waals surface area contributed by atoms with Crippen molar-refractivity contribution in [3.63, 3.8) is 0 Å². The molecule has 1 aliphatic rings. The molecule has 264 valence electrons. The van der Waals surface area contributed by atoms with Gasteiger partial charge in [-0.05, 0) is 105 Å². The van der Waals surface area contributed by atoms with Gasteiger partial charge in [0.05, 0.1) is 36.0 Å². The Hall–Kier alpha value is -3.95. The molecule has 7 nitrogen and oxygen atoms in total. The first-order valence-electron chi connectivity index (χ1n) is 17.2. The van der Waals surface area contributed by atoms with Gasteiger partial charge < -0.3 is 18.8 Å². The van der Waals surface area contributed by atoms with Crippen molar-refractivity contribution in [2.75, 3.05) is 26.3 Å². The number of para-hydroxylation sites is 1. The number of H-pyrrole nitrogens is 1. The molecule has 1 fully saturated rings. The standard InChI is InChI=1S/C39H43F3N3O4P/c1-3-48-50(46,49-4-2)27-30-14-12-29(13-15-30)26-47-37-11-6-5-8-32(37)22-28-18-20-45(21-19-28)25-31-16-17-35-36(23-31)44-38(43-35)33-9-7-10-34(24-33)39(40,41)42/h5-17,23-24,28H,3-4,18-22,25-27H2,1-2H3,(H,43,44). The number of nitrogens with one attached hydrogen (secondary N) is 1. The van der Waals surface area contributed by atoms with Gasteiger partial charge in [0.15, 0.2) is 0 Å². The average Bonchev–Trinajstić information content (AvgIpc) is 3.53. The van der Waals surface area contributed by atoms with Crippen LogP contribution in [0.5, 0.6) is 5.75 Å². The molecule has 6 rings (SSSR count). The smallest absolute Gasteiger partial charge is 0.416 e. The Bertz CT molecular complexity index is 1910. The number of aromatic nitrogens is 2. The summed E-state index contributed by atoms with van der Waals surface area (Å²) < 4.78 is 69.7. The lowest BCUT2D eigenvalue weighted by molar-refractivity contribution is -0.137. The van der Waals surface area contributed by atoms with E-state index in [1.165, 1.54) is 11.6 Å². The number of halogens is 3. The second-order valence-electron chi connectivity index (χ2n) is 12.8. The molecule has 0 bridgehead atoms. The molecule has 1 aromatic heterocycles. The van der Waals surface area contributed by atoms with E-state index in [1.54, 1.807) is 6.07 Å². The van der Waals surface area contributed by atoms with Gasteiger partial charge >= 0.3 is 13.8 Å². The van der Waals surface area contributed by atoms with Crippen molar-refractivity contribution in [3.05, 3.63) is 119 Å². The van der Waals surface area contributed by atoms with E-state index in [0.29, 0.717) is 37.1 Å². The van der Waals surface area contributed by atoms with E-state index in [4.69, 9.17) is 13.8 Å². The molecule has 1 aliphatic heterocycles. The fourth-order valence-electron chi connectivity index (χ4n) is 6.51. The minimum absolute atomic E-state index is 0.240. The summed E-state index contributed by atoms with van der Waals surface area (Å²) >= 11 is 0. The third-order valence-electron chi connectivity index (χ3n) is 9.05. The number of benzene rings is 4. The number of nitrogens with zero attached hydrogens (tertiary/aromatic N) is 2. The van der Waals surface area contributed by atoms with Crippen molar-refractivity contribution in [1.29, 1.82) is 0 Å². The van der Waals surface area contributed by atoms with Crippen molar-refractivity contribution in [1.82, 2.24) is 14.9 Å². The highest BCUT2D eigenvalue weighted by Crippen LogP contribution is 2.51. The van der Waals surface area contributed by atoms with Crippen LogP contribution < -0.4 is 4.74 Å². The number of imidazole rings is 1. The molecule has 5 aromatic rings. The van der Waals surface area contributed by atoms with Gasteiger partial charge in [0.1, 0.15) is 18.2 Å². The quantitative estimate of drug-likeness (QED) is 0.116. The van der Waals surface area contributed by atoms with E-state index >= 15 is 0 Å². The number of likely N-dealkylation sites (tertiary alicyclic amines) is 1. The van der Waals surface area contributed by atoms with Crippen LogP contribution in [0.3, 0.4) is 0 Å². The van der Waals surface area contributed by atoms with E-state index in [1.807, 2.05) is 68.4 Å². The van der Waals surface area contributed by atoms with Crippen LogP contribution in [0.2, 0.25) is 0 Å². The third kappa shape index (κ3) is 9.23. The van der Waals surface area contributed by atoms with Gasteiger partial charge in [0.25, 0.3) is 0 Å². The predicted octanol–water partition coefficient (Wildman–Crippen LogP) is 10.0. The van der Waals surface area contributed by atoms with Gasteiger partial charge in [-0.2, -0.15) is 13.2 Å². The SMILES string of the molecule is CCOP(=O)(Cc1ccc(COc2ccccc2CC2CCN(Cc3ccc4nc(-c5cccc(C(F)(F)F)c5)[nH]c4c3)CC2)cc1)OCC. The second kappa shape index (κ2) is 15.9. The lowest BCUT2D eigenvalue weighted by Crippen LogP contribution is -2.33. The van der Waals surface area contributed by atoms with Crippen LogP contribution in [0.4, 0.5) is 13.2 Å².